The zero-order valence-corrected chi connectivity index (χ0v) is 37.9. The highest BCUT2D eigenvalue weighted by atomic mass is 33.1. The summed E-state index contributed by atoms with van der Waals surface area (Å²) in [6.07, 6.45) is 9.99. The summed E-state index contributed by atoms with van der Waals surface area (Å²) in [7, 11) is 2.78. The number of aliphatic hydroxyl groups is 6. The van der Waals surface area contributed by atoms with Crippen LogP contribution in [0.1, 0.15) is 96.1 Å². The van der Waals surface area contributed by atoms with Gasteiger partial charge in [0.1, 0.15) is 47.1 Å². The predicted molar refractivity (Wildman–Crippen MR) is 244 cm³/mol. The number of aldehydes is 1. The number of ketones is 2. The fourth-order valence-electron chi connectivity index (χ4n) is 13.4. The quantitative estimate of drug-likeness (QED) is 0.140. The van der Waals surface area contributed by atoms with Gasteiger partial charge in [-0.05, 0) is 115 Å². The second-order valence-corrected chi connectivity index (χ2v) is 22.6. The summed E-state index contributed by atoms with van der Waals surface area (Å²) in [5.74, 6) is -1.51. The van der Waals surface area contributed by atoms with Crippen molar-refractivity contribution in [3.8, 4) is 5.75 Å². The number of rotatable bonds is 5. The third kappa shape index (κ3) is 7.34. The lowest BCUT2D eigenvalue weighted by Gasteiger charge is -2.51. The van der Waals surface area contributed by atoms with Crippen LogP contribution in [0.15, 0.2) is 89.5 Å². The Kier molecular flexibility index (Phi) is 11.7. The van der Waals surface area contributed by atoms with Gasteiger partial charge in [-0.2, -0.15) is 0 Å². The van der Waals surface area contributed by atoms with Crippen molar-refractivity contribution in [1.29, 1.82) is 0 Å². The van der Waals surface area contributed by atoms with Crippen molar-refractivity contribution >= 4 is 39.4 Å². The van der Waals surface area contributed by atoms with Crippen LogP contribution in [-0.4, -0.2) is 103 Å². The smallest absolute Gasteiger partial charge is 0.229 e. The van der Waals surface area contributed by atoms with Crippen LogP contribution in [0.5, 0.6) is 5.75 Å². The number of hydrogen-bond acceptors (Lipinski definition) is 15. The summed E-state index contributed by atoms with van der Waals surface area (Å²) in [5.41, 5.74) is -2.04. The first kappa shape index (κ1) is 44.9. The van der Waals surface area contributed by atoms with E-state index < -0.39 is 65.1 Å². The molecule has 0 radical (unpaired) electrons. The zero-order valence-electron chi connectivity index (χ0n) is 36.2. The molecule has 8 N–H and O–H groups in total. The Morgan fingerprint density at radius 3 is 2.49 bits per heavy atom. The third-order valence-corrected chi connectivity index (χ3v) is 18.7. The first-order chi connectivity index (χ1) is 31.3. The summed E-state index contributed by atoms with van der Waals surface area (Å²) >= 11 is 0. The molecule has 0 amide bonds. The summed E-state index contributed by atoms with van der Waals surface area (Å²) in [6.45, 7) is -0.417. The van der Waals surface area contributed by atoms with Gasteiger partial charge in [-0.15, -0.1) is 0 Å². The van der Waals surface area contributed by atoms with E-state index in [4.69, 9.17) is 9.47 Å². The number of allylic oxidation sites excluding steroid dienone is 6. The number of dihydropyridines is 1. The van der Waals surface area contributed by atoms with E-state index in [0.29, 0.717) is 43.1 Å². The second kappa shape index (κ2) is 17.0. The molecule has 65 heavy (non-hydrogen) atoms. The molecule has 15 heteroatoms. The molecule has 3 aliphatic heterocycles. The molecular formula is C50H58N2O11S2. The maximum absolute atomic E-state index is 15.3. The number of carbonyl (C=O) groups is 3. The number of carbonyl (C=O) groups excluding carboxylic acids is 3. The molecule has 1 saturated heterocycles. The maximum atomic E-state index is 15.3. The van der Waals surface area contributed by atoms with Crippen LogP contribution in [0.2, 0.25) is 0 Å². The van der Waals surface area contributed by atoms with E-state index in [1.54, 1.807) is 24.3 Å². The number of Topliss-reactive ketones (excluding diaryl/α,β-unsaturated/α-hetero) is 2. The summed E-state index contributed by atoms with van der Waals surface area (Å²) in [6, 6.07) is 11.9. The van der Waals surface area contributed by atoms with Crippen LogP contribution < -0.4 is 15.4 Å². The molecule has 2 aromatic rings. The van der Waals surface area contributed by atoms with Gasteiger partial charge in [0.25, 0.3) is 0 Å². The van der Waals surface area contributed by atoms with Crippen molar-refractivity contribution in [3.63, 3.8) is 0 Å². The van der Waals surface area contributed by atoms with Crippen LogP contribution in [0.3, 0.4) is 0 Å². The first-order valence-electron chi connectivity index (χ1n) is 23.0. The summed E-state index contributed by atoms with van der Waals surface area (Å²) in [4.78, 5) is 43.1. The van der Waals surface area contributed by atoms with Crippen molar-refractivity contribution in [3.05, 3.63) is 112 Å². The molecule has 10 rings (SSSR count). The summed E-state index contributed by atoms with van der Waals surface area (Å²) in [5, 5.41) is 76.9. The van der Waals surface area contributed by atoms with E-state index in [-0.39, 0.29) is 58.2 Å². The summed E-state index contributed by atoms with van der Waals surface area (Å²) < 4.78 is 12.5. The number of fused-ring (bicyclic) bond motifs is 4. The molecule has 4 fully saturated rings. The fourth-order valence-corrected chi connectivity index (χ4v) is 15.7. The van der Waals surface area contributed by atoms with E-state index in [2.05, 4.69) is 16.7 Å². The minimum Gasteiger partial charge on any atom is -0.511 e. The Balaban J connectivity index is 1.05. The molecule has 3 saturated carbocycles. The SMILES string of the molecule is O=C[C@H]1CC2(CCCC2)C[C@@]12CC[C@@]1(C2)C[C@]2(O)[C@H](O)[C@@H](CO)O[C@@H](Oc3cccc4c3C(=O)[C@]3(CSSCNC5=CC1=CCN5)C(O)=CC(Cc1cccc(CO)c1)=C[C@@H]3C4=O)[C@@H]2O. The molecule has 3 heterocycles. The Hall–Kier alpha value is -3.93. The van der Waals surface area contributed by atoms with Crippen LogP contribution in [0.25, 0.3) is 0 Å². The molecular weight excluding hydrogens is 869 g/mol. The lowest BCUT2D eigenvalue weighted by molar-refractivity contribution is -0.319. The van der Waals surface area contributed by atoms with Crippen molar-refractivity contribution in [2.24, 2.45) is 33.5 Å². The van der Waals surface area contributed by atoms with Gasteiger partial charge in [-0.1, -0.05) is 83.0 Å². The monoisotopic (exact) mass is 926 g/mol. The number of aliphatic hydroxyl groups excluding tert-OH is 5. The van der Waals surface area contributed by atoms with Gasteiger partial charge >= 0.3 is 0 Å². The van der Waals surface area contributed by atoms with Crippen LogP contribution in [-0.2, 0) is 22.6 Å². The Morgan fingerprint density at radius 2 is 1.71 bits per heavy atom. The highest BCUT2D eigenvalue weighted by Gasteiger charge is 2.66. The number of hydrogen-bond donors (Lipinski definition) is 8. The lowest BCUT2D eigenvalue weighted by Crippen LogP contribution is -2.69. The minimum atomic E-state index is -2.32. The first-order valence-corrected chi connectivity index (χ1v) is 25.4. The maximum Gasteiger partial charge on any atom is 0.229 e. The topological polar surface area (TPSA) is 215 Å². The van der Waals surface area contributed by atoms with E-state index >= 15 is 4.79 Å². The van der Waals surface area contributed by atoms with Gasteiger partial charge < -0.3 is 55.5 Å². The zero-order chi connectivity index (χ0) is 45.4. The third-order valence-electron chi connectivity index (χ3n) is 16.5. The number of benzene rings is 2. The van der Waals surface area contributed by atoms with Crippen molar-refractivity contribution in [2.45, 2.75) is 107 Å². The highest BCUT2D eigenvalue weighted by molar-refractivity contribution is 8.76. The normalized spacial score (nSPS) is 37.5. The Morgan fingerprint density at radius 1 is 0.908 bits per heavy atom. The van der Waals surface area contributed by atoms with Crippen LogP contribution >= 0.6 is 21.6 Å². The van der Waals surface area contributed by atoms with Crippen molar-refractivity contribution in [2.75, 3.05) is 24.8 Å². The largest absolute Gasteiger partial charge is 0.511 e. The molecule has 0 unspecified atom stereocenters. The van der Waals surface area contributed by atoms with Gasteiger partial charge in [-0.3, -0.25) is 9.59 Å². The second-order valence-electron chi connectivity index (χ2n) is 20.1. The number of ether oxygens (including phenoxy) is 2. The molecule has 5 aliphatic carbocycles. The highest BCUT2D eigenvalue weighted by Crippen LogP contribution is 2.70. The molecule has 6 bridgehead atoms. The average Bonchev–Trinajstić information content (AvgIpc) is 4.01. The van der Waals surface area contributed by atoms with Crippen LogP contribution in [0.4, 0.5) is 0 Å². The van der Waals surface area contributed by atoms with Crippen molar-refractivity contribution < 1.29 is 54.5 Å². The van der Waals surface area contributed by atoms with Gasteiger partial charge in [-0.25, -0.2) is 0 Å². The van der Waals surface area contributed by atoms with Gasteiger partial charge in [0.05, 0.1) is 36.4 Å². The molecule has 0 aromatic heterocycles. The molecule has 10 atom stereocenters. The standard InChI is InChI=1S/C50H58N2O11S2/c53-21-30-6-3-5-29(15-30)16-31-17-35-41(57)34-7-4-8-36-40(34)43(59)49(35,38(56)18-31)27-64-65-28-52-39-19-32(9-14-51-39)48(26-50(61)42(58)37(23-55)63-45(62-36)44(50)60)13-12-47(25-48)24-46(10-1-2-11-46)20-33(47)22-54/h3-9,15,17-19,22,33,35,37,42,44-45,51-53,55-56,58,60-61H,1-2,10-14,16,20-21,23-28H2/t33-,35-,37-,42-,44+,45-,47-,48-,49+,50+/m1/s1. The lowest BCUT2D eigenvalue weighted by atomic mass is 9.60. The minimum absolute atomic E-state index is 0.0117. The molecule has 346 valence electrons. The van der Waals surface area contributed by atoms with Crippen LogP contribution in [0, 0.1) is 33.5 Å². The molecule has 2 aromatic carbocycles. The van der Waals surface area contributed by atoms with Gasteiger partial charge in [0.2, 0.25) is 6.29 Å². The number of nitrogens with one attached hydrogen (secondary N) is 2. The molecule has 8 aliphatic rings. The van der Waals surface area contributed by atoms with Gasteiger partial charge in [0.15, 0.2) is 11.6 Å². The predicted octanol–water partition coefficient (Wildman–Crippen LogP) is 5.36. The fraction of sp³-hybridized carbons (Fsp3) is 0.540. The van der Waals surface area contributed by atoms with E-state index in [9.17, 15) is 40.2 Å². The Labute approximate surface area is 386 Å². The van der Waals surface area contributed by atoms with E-state index in [1.807, 2.05) is 24.3 Å². The van der Waals surface area contributed by atoms with Crippen molar-refractivity contribution in [1.82, 2.24) is 10.6 Å². The average molecular weight is 927 g/mol. The van der Waals surface area contributed by atoms with E-state index in [0.717, 1.165) is 67.9 Å². The Bertz CT molecular complexity index is 2400. The molecule has 4 spiro atoms. The molecule has 13 nitrogen and oxygen atoms in total. The van der Waals surface area contributed by atoms with E-state index in [1.165, 1.54) is 33.7 Å². The van der Waals surface area contributed by atoms with Gasteiger partial charge in [0, 0.05) is 23.8 Å².